The normalized spacial score (nSPS) is 26.0. The van der Waals surface area contributed by atoms with E-state index in [1.165, 1.54) is 0 Å². The van der Waals surface area contributed by atoms with Gasteiger partial charge in [0.25, 0.3) is 11.8 Å². The summed E-state index contributed by atoms with van der Waals surface area (Å²) in [6.07, 6.45) is 6.39. The lowest BCUT2D eigenvalue weighted by Crippen LogP contribution is -2.52. The Hall–Kier alpha value is -2.94. The average Bonchev–Trinajstić information content (AvgIpc) is 3.56. The maximum absolute atomic E-state index is 15.0. The monoisotopic (exact) mass is 526 g/mol. The number of hydrogen-bond donors (Lipinski definition) is 1. The van der Waals surface area contributed by atoms with E-state index < -0.39 is 5.67 Å². The molecular formula is C29H39FN4O4. The zero-order valence-electron chi connectivity index (χ0n) is 22.7. The molecule has 0 bridgehead atoms. The number of ether oxygens (including phenoxy) is 3. The number of alkyl halides is 1. The molecule has 1 amide bonds. The lowest BCUT2D eigenvalue weighted by molar-refractivity contribution is -0.145. The van der Waals surface area contributed by atoms with Crippen LogP contribution < -0.4 is 19.5 Å². The molecule has 0 radical (unpaired) electrons. The van der Waals surface area contributed by atoms with Gasteiger partial charge in [0.1, 0.15) is 12.2 Å². The fourth-order valence-electron chi connectivity index (χ4n) is 6.04. The molecule has 0 unspecified atom stereocenters. The molecule has 206 valence electrons. The summed E-state index contributed by atoms with van der Waals surface area (Å²) in [6.45, 7) is 6.76. The van der Waals surface area contributed by atoms with Crippen molar-refractivity contribution in [2.75, 3.05) is 33.3 Å². The molecule has 1 saturated heterocycles. The summed E-state index contributed by atoms with van der Waals surface area (Å²) in [5.41, 5.74) is -0.293. The quantitative estimate of drug-likeness (QED) is 0.485. The van der Waals surface area contributed by atoms with Gasteiger partial charge in [0, 0.05) is 26.3 Å². The highest BCUT2D eigenvalue weighted by molar-refractivity contribution is 5.85. The second-order valence-corrected chi connectivity index (χ2v) is 11.3. The number of nitrogens with zero attached hydrogens (tertiary/aromatic N) is 3. The van der Waals surface area contributed by atoms with Gasteiger partial charge in [0.15, 0.2) is 11.4 Å². The summed E-state index contributed by atoms with van der Waals surface area (Å²) in [5, 5.41) is 3.33. The minimum atomic E-state index is -1.68. The minimum Gasteiger partial charge on any atom is -0.485 e. The van der Waals surface area contributed by atoms with E-state index in [4.69, 9.17) is 19.2 Å². The van der Waals surface area contributed by atoms with Gasteiger partial charge in [0.05, 0.1) is 17.9 Å². The highest BCUT2D eigenvalue weighted by Gasteiger charge is 2.47. The summed E-state index contributed by atoms with van der Waals surface area (Å²) in [4.78, 5) is 23.5. The van der Waals surface area contributed by atoms with Gasteiger partial charge in [-0.05, 0) is 88.1 Å². The Morgan fingerprint density at radius 2 is 1.95 bits per heavy atom. The van der Waals surface area contributed by atoms with Gasteiger partial charge in [-0.2, -0.15) is 0 Å². The van der Waals surface area contributed by atoms with Crippen LogP contribution in [0.1, 0.15) is 58.8 Å². The fraction of sp³-hybridized carbons (Fsp3) is 0.621. The third-order valence-corrected chi connectivity index (χ3v) is 7.93. The van der Waals surface area contributed by atoms with Crippen molar-refractivity contribution in [1.29, 1.82) is 0 Å². The molecule has 38 heavy (non-hydrogen) atoms. The Morgan fingerprint density at radius 3 is 2.66 bits per heavy atom. The molecule has 1 N–H and O–H groups in total. The van der Waals surface area contributed by atoms with Crippen LogP contribution in [-0.2, 0) is 4.79 Å². The number of aromatic nitrogens is 2. The summed E-state index contributed by atoms with van der Waals surface area (Å²) < 4.78 is 33.4. The number of amides is 1. The molecule has 0 aromatic carbocycles. The Morgan fingerprint density at radius 1 is 1.16 bits per heavy atom. The van der Waals surface area contributed by atoms with Crippen LogP contribution in [0.4, 0.5) is 4.39 Å². The van der Waals surface area contributed by atoms with Crippen molar-refractivity contribution in [3.05, 3.63) is 30.5 Å². The summed E-state index contributed by atoms with van der Waals surface area (Å²) in [7, 11) is 1.72. The molecule has 2 saturated carbocycles. The summed E-state index contributed by atoms with van der Waals surface area (Å²) in [5.74, 6) is 1.23. The number of carbonyl (C=O) groups excluding carboxylic acids is 1. The molecule has 1 aliphatic heterocycles. The highest BCUT2D eigenvalue weighted by Crippen LogP contribution is 2.45. The smallest absolute Gasteiger partial charge is 0.260 e. The second kappa shape index (κ2) is 11.0. The van der Waals surface area contributed by atoms with Crippen molar-refractivity contribution in [2.45, 2.75) is 76.7 Å². The van der Waals surface area contributed by atoms with E-state index in [0.717, 1.165) is 50.8 Å². The second-order valence-electron chi connectivity index (χ2n) is 11.3. The largest absolute Gasteiger partial charge is 0.485 e. The van der Waals surface area contributed by atoms with Gasteiger partial charge in [-0.25, -0.2) is 14.4 Å². The number of halogens is 1. The molecular weight excluding hydrogens is 487 g/mol. The van der Waals surface area contributed by atoms with Crippen LogP contribution >= 0.6 is 0 Å². The van der Waals surface area contributed by atoms with Gasteiger partial charge in [0.2, 0.25) is 5.88 Å². The van der Waals surface area contributed by atoms with E-state index in [1.54, 1.807) is 18.1 Å². The first-order chi connectivity index (χ1) is 18.3. The third kappa shape index (κ3) is 5.72. The predicted octanol–water partition coefficient (Wildman–Crippen LogP) is 4.57. The van der Waals surface area contributed by atoms with Crippen molar-refractivity contribution < 1.29 is 23.4 Å². The minimum absolute atomic E-state index is 0.0234. The van der Waals surface area contributed by atoms with Gasteiger partial charge in [-0.3, -0.25) is 4.79 Å². The Labute approximate surface area is 224 Å². The maximum atomic E-state index is 15.0. The number of carbonyl (C=O) groups is 1. The van der Waals surface area contributed by atoms with Gasteiger partial charge < -0.3 is 24.4 Å². The zero-order chi connectivity index (χ0) is 26.8. The zero-order valence-corrected chi connectivity index (χ0v) is 22.7. The van der Waals surface area contributed by atoms with Crippen LogP contribution in [0.3, 0.4) is 0 Å². The van der Waals surface area contributed by atoms with Crippen molar-refractivity contribution in [3.8, 4) is 28.8 Å². The number of hydrogen-bond acceptors (Lipinski definition) is 7. The first-order valence-corrected chi connectivity index (χ1v) is 13.9. The Kier molecular flexibility index (Phi) is 7.75. The van der Waals surface area contributed by atoms with Crippen LogP contribution in [0, 0.1) is 5.41 Å². The molecule has 8 nitrogen and oxygen atoms in total. The number of rotatable bonds is 10. The molecule has 9 heteroatoms. The van der Waals surface area contributed by atoms with Crippen LogP contribution in [0.2, 0.25) is 0 Å². The fourth-order valence-corrected chi connectivity index (χ4v) is 6.04. The van der Waals surface area contributed by atoms with Gasteiger partial charge in [-0.1, -0.05) is 6.92 Å². The summed E-state index contributed by atoms with van der Waals surface area (Å²) >= 11 is 0. The Bertz CT molecular complexity index is 1130. The van der Waals surface area contributed by atoms with Crippen LogP contribution in [0.25, 0.3) is 11.3 Å². The van der Waals surface area contributed by atoms with Crippen molar-refractivity contribution >= 4 is 5.91 Å². The van der Waals surface area contributed by atoms with E-state index in [-0.39, 0.29) is 23.5 Å². The van der Waals surface area contributed by atoms with E-state index in [1.807, 2.05) is 31.2 Å². The van der Waals surface area contributed by atoms with E-state index >= 15 is 0 Å². The standard InChI is InChI=1S/C29H39FN4O4/c1-4-36-25-22(8-7-14-32-25)23-9-10-24(26(33-23)38-20-11-15-31-18-20)37-21-16-28(2,17-21)19-34(3)27(35)29(30)12-5-6-13-29/h7-10,14,20-21,31H,4-6,11-13,15-19H2,1-3H3/t20-,21?,28?/m1/s1. The molecule has 2 aromatic heterocycles. The topological polar surface area (TPSA) is 85.8 Å². The first kappa shape index (κ1) is 26.7. The molecule has 2 aromatic rings. The van der Waals surface area contributed by atoms with E-state index in [0.29, 0.717) is 49.2 Å². The van der Waals surface area contributed by atoms with Crippen molar-refractivity contribution in [3.63, 3.8) is 0 Å². The van der Waals surface area contributed by atoms with Crippen LogP contribution in [0.5, 0.6) is 17.5 Å². The van der Waals surface area contributed by atoms with Gasteiger partial charge >= 0.3 is 0 Å². The molecule has 3 heterocycles. The number of nitrogens with one attached hydrogen (secondary N) is 1. The SMILES string of the molecule is CCOc1ncccc1-c1ccc(OC2CC(C)(CN(C)C(=O)C3(F)CCCC3)C2)c(O[C@@H]2CCNC2)n1. The van der Waals surface area contributed by atoms with Crippen LogP contribution in [-0.4, -0.2) is 71.9 Å². The molecule has 3 fully saturated rings. The molecule has 3 aliphatic rings. The highest BCUT2D eigenvalue weighted by atomic mass is 19.1. The lowest BCUT2D eigenvalue weighted by atomic mass is 9.68. The average molecular weight is 527 g/mol. The van der Waals surface area contributed by atoms with E-state index in [9.17, 15) is 9.18 Å². The predicted molar refractivity (Wildman–Crippen MR) is 142 cm³/mol. The third-order valence-electron chi connectivity index (χ3n) is 7.93. The maximum Gasteiger partial charge on any atom is 0.260 e. The first-order valence-electron chi connectivity index (χ1n) is 13.9. The number of pyridine rings is 2. The summed E-state index contributed by atoms with van der Waals surface area (Å²) in [6, 6.07) is 7.60. The van der Waals surface area contributed by atoms with Crippen molar-refractivity contribution in [1.82, 2.24) is 20.2 Å². The van der Waals surface area contributed by atoms with E-state index in [2.05, 4.69) is 17.2 Å². The van der Waals surface area contributed by atoms with Crippen LogP contribution in [0.15, 0.2) is 30.5 Å². The molecule has 5 rings (SSSR count). The molecule has 1 atom stereocenters. The Balaban J connectivity index is 1.27. The molecule has 2 aliphatic carbocycles. The lowest BCUT2D eigenvalue weighted by Gasteiger charge is -2.47. The van der Waals surface area contributed by atoms with Crippen molar-refractivity contribution in [2.24, 2.45) is 5.41 Å². The van der Waals surface area contributed by atoms with Gasteiger partial charge in [-0.15, -0.1) is 0 Å². The molecule has 0 spiro atoms.